The largest absolute Gasteiger partial charge is 0.492 e. The average molecular weight is 531 g/mol. The predicted molar refractivity (Wildman–Crippen MR) is 149 cm³/mol. The molecule has 0 bridgehead atoms. The second-order valence-corrected chi connectivity index (χ2v) is 11.3. The first-order valence-electron chi connectivity index (χ1n) is 12.9. The summed E-state index contributed by atoms with van der Waals surface area (Å²) in [4.78, 5) is 22.0. The van der Waals surface area contributed by atoms with Gasteiger partial charge in [0.1, 0.15) is 17.3 Å². The highest BCUT2D eigenvalue weighted by Gasteiger charge is 2.34. The molecular weight excluding hydrogens is 496 g/mol. The first-order valence-corrected chi connectivity index (χ1v) is 12.9. The standard InChI is InChI=1S/C29H34N6O4/c1-18-9-10-22-24(25(18)39-17-29(5)15-37-16-29)27(32-20-12-30-31-13-20)34-26(33-22)19-7-6-8-21(11-19)38-14-23(36)35-28(2,3)4/h6-13H,14-17H2,1-5H3,(H,30,31)(H,35,36)(H,32,33,34). The van der Waals surface area contributed by atoms with Crippen molar-refractivity contribution in [2.75, 3.05) is 31.7 Å². The molecule has 0 aliphatic carbocycles. The van der Waals surface area contributed by atoms with Gasteiger partial charge >= 0.3 is 0 Å². The first kappa shape index (κ1) is 26.4. The molecule has 1 saturated heterocycles. The molecule has 3 N–H and O–H groups in total. The summed E-state index contributed by atoms with van der Waals surface area (Å²) in [5, 5.41) is 13.9. The topological polar surface area (TPSA) is 123 Å². The molecule has 1 amide bonds. The van der Waals surface area contributed by atoms with Gasteiger partial charge in [-0.3, -0.25) is 9.89 Å². The second-order valence-electron chi connectivity index (χ2n) is 11.3. The van der Waals surface area contributed by atoms with Crippen LogP contribution in [0.15, 0.2) is 48.8 Å². The molecular formula is C29H34N6O4. The number of amides is 1. The maximum absolute atomic E-state index is 12.2. The van der Waals surface area contributed by atoms with E-state index in [4.69, 9.17) is 24.2 Å². The zero-order chi connectivity index (χ0) is 27.6. The first-order chi connectivity index (χ1) is 18.6. The van der Waals surface area contributed by atoms with Crippen LogP contribution in [0.4, 0.5) is 11.5 Å². The fraction of sp³-hybridized carbons (Fsp3) is 0.379. The van der Waals surface area contributed by atoms with Crippen molar-refractivity contribution in [2.24, 2.45) is 5.41 Å². The van der Waals surface area contributed by atoms with Gasteiger partial charge in [0.25, 0.3) is 5.91 Å². The number of hydrogen-bond acceptors (Lipinski definition) is 8. The van der Waals surface area contributed by atoms with Crippen molar-refractivity contribution >= 4 is 28.3 Å². The molecule has 0 unspecified atom stereocenters. The third-order valence-electron chi connectivity index (χ3n) is 6.22. The predicted octanol–water partition coefficient (Wildman–Crippen LogP) is 4.78. The quantitative estimate of drug-likeness (QED) is 0.283. The third-order valence-corrected chi connectivity index (χ3v) is 6.22. The number of aromatic nitrogens is 4. The molecule has 0 radical (unpaired) electrons. The Kier molecular flexibility index (Phi) is 7.14. The number of fused-ring (bicyclic) bond motifs is 1. The van der Waals surface area contributed by atoms with Gasteiger partial charge in [0.15, 0.2) is 12.4 Å². The molecule has 204 valence electrons. The number of nitrogens with zero attached hydrogens (tertiary/aromatic N) is 3. The number of nitrogens with one attached hydrogen (secondary N) is 3. The van der Waals surface area contributed by atoms with E-state index >= 15 is 0 Å². The van der Waals surface area contributed by atoms with Crippen molar-refractivity contribution in [3.63, 3.8) is 0 Å². The van der Waals surface area contributed by atoms with Gasteiger partial charge in [-0.15, -0.1) is 0 Å². The van der Waals surface area contributed by atoms with Crippen LogP contribution in [0, 0.1) is 12.3 Å². The highest BCUT2D eigenvalue weighted by molar-refractivity contribution is 5.98. The Morgan fingerprint density at radius 3 is 2.67 bits per heavy atom. The number of ether oxygens (including phenoxy) is 3. The molecule has 0 spiro atoms. The van der Waals surface area contributed by atoms with E-state index in [0.717, 1.165) is 33.5 Å². The normalized spacial score (nSPS) is 14.5. The fourth-order valence-corrected chi connectivity index (χ4v) is 4.27. The Morgan fingerprint density at radius 1 is 1.15 bits per heavy atom. The summed E-state index contributed by atoms with van der Waals surface area (Å²) < 4.78 is 17.6. The molecule has 2 aromatic heterocycles. The van der Waals surface area contributed by atoms with Crippen LogP contribution in [0.5, 0.6) is 11.5 Å². The second kappa shape index (κ2) is 10.5. The lowest BCUT2D eigenvalue weighted by molar-refractivity contribution is -0.124. The van der Waals surface area contributed by atoms with Crippen LogP contribution >= 0.6 is 0 Å². The van der Waals surface area contributed by atoms with E-state index in [1.165, 1.54) is 0 Å². The molecule has 0 saturated carbocycles. The fourth-order valence-electron chi connectivity index (χ4n) is 4.27. The van der Waals surface area contributed by atoms with Crippen LogP contribution in [-0.4, -0.2) is 58.0 Å². The van der Waals surface area contributed by atoms with E-state index in [0.29, 0.717) is 37.2 Å². The van der Waals surface area contributed by atoms with Crippen LogP contribution in [-0.2, 0) is 9.53 Å². The third kappa shape index (κ3) is 6.28. The maximum Gasteiger partial charge on any atom is 0.258 e. The molecule has 4 aromatic rings. The Morgan fingerprint density at radius 2 is 1.97 bits per heavy atom. The van der Waals surface area contributed by atoms with E-state index in [2.05, 4.69) is 27.8 Å². The molecule has 10 nitrogen and oxygen atoms in total. The number of anilines is 2. The van der Waals surface area contributed by atoms with Crippen molar-refractivity contribution in [1.29, 1.82) is 0 Å². The molecule has 5 rings (SSSR count). The summed E-state index contributed by atoms with van der Waals surface area (Å²) in [6.45, 7) is 11.7. The van der Waals surface area contributed by atoms with Crippen molar-refractivity contribution in [3.05, 3.63) is 54.4 Å². The van der Waals surface area contributed by atoms with Crippen LogP contribution in [0.2, 0.25) is 0 Å². The number of H-pyrrole nitrogens is 1. The smallest absolute Gasteiger partial charge is 0.258 e. The minimum Gasteiger partial charge on any atom is -0.492 e. The number of benzene rings is 2. The van der Waals surface area contributed by atoms with E-state index < -0.39 is 0 Å². The molecule has 0 atom stereocenters. The van der Waals surface area contributed by atoms with Crippen LogP contribution < -0.4 is 20.1 Å². The van der Waals surface area contributed by atoms with Crippen molar-refractivity contribution in [3.8, 4) is 22.9 Å². The number of rotatable bonds is 9. The van der Waals surface area contributed by atoms with Gasteiger partial charge in [-0.1, -0.05) is 25.1 Å². The van der Waals surface area contributed by atoms with Gasteiger partial charge < -0.3 is 24.8 Å². The molecule has 3 heterocycles. The number of carbonyl (C=O) groups is 1. The van der Waals surface area contributed by atoms with Crippen LogP contribution in [0.3, 0.4) is 0 Å². The maximum atomic E-state index is 12.2. The number of carbonyl (C=O) groups excluding carboxylic acids is 1. The zero-order valence-electron chi connectivity index (χ0n) is 22.9. The highest BCUT2D eigenvalue weighted by atomic mass is 16.5. The Balaban J connectivity index is 1.49. The highest BCUT2D eigenvalue weighted by Crippen LogP contribution is 2.38. The molecule has 39 heavy (non-hydrogen) atoms. The Bertz CT molecular complexity index is 1480. The molecule has 1 fully saturated rings. The Hall–Kier alpha value is -4.18. The summed E-state index contributed by atoms with van der Waals surface area (Å²) in [6.07, 6.45) is 3.45. The molecule has 1 aliphatic rings. The SMILES string of the molecule is Cc1ccc2nc(-c3cccc(OCC(=O)NC(C)(C)C)c3)nc(Nc3cn[nH]c3)c2c1OCC1(C)COC1. The number of hydrogen-bond donors (Lipinski definition) is 3. The van der Waals surface area contributed by atoms with Crippen LogP contribution in [0.25, 0.3) is 22.3 Å². The molecule has 10 heteroatoms. The lowest BCUT2D eigenvalue weighted by atomic mass is 9.90. The van der Waals surface area contributed by atoms with Gasteiger partial charge in [0.05, 0.1) is 42.6 Å². The lowest BCUT2D eigenvalue weighted by Gasteiger charge is -2.37. The van der Waals surface area contributed by atoms with E-state index in [1.807, 2.05) is 58.0 Å². The monoisotopic (exact) mass is 530 g/mol. The lowest BCUT2D eigenvalue weighted by Crippen LogP contribution is -2.44. The van der Waals surface area contributed by atoms with Gasteiger partial charge in [0.2, 0.25) is 0 Å². The van der Waals surface area contributed by atoms with E-state index in [1.54, 1.807) is 18.5 Å². The minimum atomic E-state index is -0.329. The van der Waals surface area contributed by atoms with Gasteiger partial charge in [-0.05, 0) is 51.5 Å². The summed E-state index contributed by atoms with van der Waals surface area (Å²) in [6, 6.07) is 11.4. The molecule has 2 aromatic carbocycles. The number of aromatic amines is 1. The van der Waals surface area contributed by atoms with Crippen molar-refractivity contribution in [1.82, 2.24) is 25.5 Å². The van der Waals surface area contributed by atoms with Crippen molar-refractivity contribution in [2.45, 2.75) is 40.2 Å². The summed E-state index contributed by atoms with van der Waals surface area (Å²) in [7, 11) is 0. The number of aryl methyl sites for hydroxylation is 1. The average Bonchev–Trinajstić information content (AvgIpc) is 3.38. The van der Waals surface area contributed by atoms with Crippen LogP contribution in [0.1, 0.15) is 33.3 Å². The minimum absolute atomic E-state index is 0.0161. The van der Waals surface area contributed by atoms with E-state index in [-0.39, 0.29) is 23.5 Å². The van der Waals surface area contributed by atoms with Gasteiger partial charge in [0, 0.05) is 22.7 Å². The van der Waals surface area contributed by atoms with Gasteiger partial charge in [-0.25, -0.2) is 9.97 Å². The van der Waals surface area contributed by atoms with Gasteiger partial charge in [-0.2, -0.15) is 5.10 Å². The van der Waals surface area contributed by atoms with Crippen molar-refractivity contribution < 1.29 is 19.0 Å². The summed E-state index contributed by atoms with van der Waals surface area (Å²) >= 11 is 0. The zero-order valence-corrected chi connectivity index (χ0v) is 22.9. The molecule has 1 aliphatic heterocycles. The Labute approximate surface area is 227 Å². The van der Waals surface area contributed by atoms with E-state index in [9.17, 15) is 4.79 Å². The summed E-state index contributed by atoms with van der Waals surface area (Å²) in [5.74, 6) is 2.20. The summed E-state index contributed by atoms with van der Waals surface area (Å²) in [5.41, 5.74) is 2.89.